The predicted molar refractivity (Wildman–Crippen MR) is 433 cm³/mol. The molecule has 4 aliphatic heterocycles. The van der Waals surface area contributed by atoms with Gasteiger partial charge in [0, 0.05) is 149 Å². The van der Waals surface area contributed by atoms with Crippen molar-refractivity contribution < 1.29 is 141 Å². The molecule has 38 nitrogen and oxygen atoms in total. The molecular formula is C82H145N9O29. The zero-order valence-corrected chi connectivity index (χ0v) is 71.4. The maximum Gasteiger partial charge on any atom is 0.222 e. The van der Waals surface area contributed by atoms with Crippen LogP contribution >= 0.6 is 0 Å². The van der Waals surface area contributed by atoms with E-state index in [1.165, 1.54) is 20.8 Å². The molecule has 0 saturated carbocycles. The van der Waals surface area contributed by atoms with Crippen LogP contribution in [0.2, 0.25) is 0 Å². The number of carbonyl (C=O) groups excluding carboxylic acids is 11. The van der Waals surface area contributed by atoms with Crippen molar-refractivity contribution in [2.75, 3.05) is 112 Å². The zero-order valence-electron chi connectivity index (χ0n) is 71.4. The number of aliphatic hydroxyl groups is 9. The van der Waals surface area contributed by atoms with Gasteiger partial charge in [0.2, 0.25) is 53.2 Å². The summed E-state index contributed by atoms with van der Waals surface area (Å²) in [6.45, 7) is 6.83. The fourth-order valence-corrected chi connectivity index (χ4v) is 14.7. The van der Waals surface area contributed by atoms with E-state index in [0.29, 0.717) is 109 Å². The number of ketones is 2. The number of unbranched alkanes of at least 4 members (excludes halogenated alkanes) is 12. The Bertz CT molecular complexity index is 2740. The van der Waals surface area contributed by atoms with Crippen LogP contribution in [0.25, 0.3) is 0 Å². The molecule has 0 aromatic carbocycles. The molecule has 0 aromatic rings. The standard InChI is InChI=1S/C82H145N9O29/c1-6-58-46-61(100)47-91(58)70(106)32-17-12-10-8-7-9-11-16-31-69(105)90-82(51-112-43-33-60(99)27-15-13-14-26-59(98)28-18-21-40-115-79-71(87-55(3)95)54(2)74(107)62(48-92)118-79,52-113-44-34-67(103)85-38-24-36-83-65(101)29-19-22-41-116-80-72(88-56(4)96)77(110)75(108)63(49-93)119-80)53-114-45-35-68(104)86-39-25-37-84-66(102)30-20-23-42-117-81-73(89-57(5)97)78(111)76(109)64(50-94)120-81/h54,58,61-64,71-81,92-94,100,107-111H,6-53H2,1-5H3,(H,83,101)(H,84,102)(H,85,103)(H,86,104)(H,87,95)(H,88,96)(H,89,97)(H,90,105)/t54-,58-,61?,62-,63-,64-,71?,72?,73?,74-,75+,76+,77-,78-,79-,80-,81?,82?/m1/s1. The van der Waals surface area contributed by atoms with Gasteiger partial charge in [-0.25, -0.2) is 0 Å². The Balaban J connectivity index is 1.30. The average Bonchev–Trinajstić information content (AvgIpc) is 0.906. The Morgan fingerprint density at radius 3 is 1.13 bits per heavy atom. The molecule has 692 valence electrons. The lowest BCUT2D eigenvalue weighted by molar-refractivity contribution is -0.270. The van der Waals surface area contributed by atoms with Gasteiger partial charge >= 0.3 is 0 Å². The molecule has 0 aliphatic carbocycles. The number of Topliss-reactive ketones (excluding diaryl/α,β-unsaturated/α-hetero) is 2. The molecule has 0 aromatic heterocycles. The molecule has 18 atom stereocenters. The molecule has 4 fully saturated rings. The number of amides is 9. The minimum atomic E-state index is -1.46. The van der Waals surface area contributed by atoms with E-state index in [0.717, 1.165) is 51.4 Å². The number of hydrogen-bond acceptors (Lipinski definition) is 29. The third-order valence-electron chi connectivity index (χ3n) is 21.6. The van der Waals surface area contributed by atoms with Crippen molar-refractivity contribution in [2.45, 2.75) is 337 Å². The highest BCUT2D eigenvalue weighted by Crippen LogP contribution is 2.29. The molecule has 9 amide bonds. The zero-order chi connectivity index (χ0) is 88.2. The number of hydrogen-bond donors (Lipinski definition) is 17. The van der Waals surface area contributed by atoms with Crippen LogP contribution < -0.4 is 42.5 Å². The first-order valence-corrected chi connectivity index (χ1v) is 43.5. The fourth-order valence-electron chi connectivity index (χ4n) is 14.7. The molecule has 120 heavy (non-hydrogen) atoms. The summed E-state index contributed by atoms with van der Waals surface area (Å²) < 4.78 is 52.7. The third-order valence-corrected chi connectivity index (χ3v) is 21.6. The fraction of sp³-hybridized carbons (Fsp3) is 0.866. The Hall–Kier alpha value is -6.15. The van der Waals surface area contributed by atoms with Gasteiger partial charge in [0.1, 0.15) is 71.9 Å². The number of β-amino-alcohol motifs (C(OH)–C–C–N with tert-alkyl or cyclic N) is 1. The molecule has 4 rings (SSSR count). The summed E-state index contributed by atoms with van der Waals surface area (Å²) in [6, 6.07) is -2.73. The lowest BCUT2D eigenvalue weighted by atomic mass is 9.89. The van der Waals surface area contributed by atoms with Gasteiger partial charge in [-0.05, 0) is 89.9 Å². The first kappa shape index (κ1) is 106. The molecular weight excluding hydrogens is 1570 g/mol. The molecule has 0 bridgehead atoms. The minimum Gasteiger partial charge on any atom is -0.394 e. The van der Waals surface area contributed by atoms with E-state index in [9.17, 15) is 98.7 Å². The summed E-state index contributed by atoms with van der Waals surface area (Å²) in [6.07, 6.45) is 1.38. The summed E-state index contributed by atoms with van der Waals surface area (Å²) >= 11 is 0. The summed E-state index contributed by atoms with van der Waals surface area (Å²) in [5.74, 6) is -3.21. The van der Waals surface area contributed by atoms with Crippen molar-refractivity contribution in [3.63, 3.8) is 0 Å². The second-order valence-electron chi connectivity index (χ2n) is 32.0. The van der Waals surface area contributed by atoms with Crippen LogP contribution in [0.3, 0.4) is 0 Å². The number of nitrogens with zero attached hydrogens (tertiary/aromatic N) is 1. The summed E-state index contributed by atoms with van der Waals surface area (Å²) in [5, 5.41) is 113. The summed E-state index contributed by atoms with van der Waals surface area (Å²) in [5.41, 5.74) is -1.39. The van der Waals surface area contributed by atoms with Gasteiger partial charge in [0.05, 0.1) is 77.7 Å². The Morgan fingerprint density at radius 2 is 0.717 bits per heavy atom. The van der Waals surface area contributed by atoms with Gasteiger partial charge in [-0.15, -0.1) is 0 Å². The molecule has 6 unspecified atom stereocenters. The molecule has 4 saturated heterocycles. The van der Waals surface area contributed by atoms with E-state index in [1.807, 2.05) is 11.8 Å². The van der Waals surface area contributed by atoms with Crippen molar-refractivity contribution in [3.05, 3.63) is 0 Å². The number of nitrogens with one attached hydrogen (secondary N) is 8. The van der Waals surface area contributed by atoms with Crippen LogP contribution in [0.15, 0.2) is 0 Å². The Kier molecular flexibility index (Phi) is 54.2. The van der Waals surface area contributed by atoms with E-state index >= 15 is 0 Å². The van der Waals surface area contributed by atoms with Gasteiger partial charge in [-0.1, -0.05) is 58.8 Å². The van der Waals surface area contributed by atoms with E-state index in [1.54, 1.807) is 6.92 Å². The van der Waals surface area contributed by atoms with Gasteiger partial charge in [-0.3, -0.25) is 52.7 Å². The molecule has 4 heterocycles. The van der Waals surface area contributed by atoms with Crippen LogP contribution in [0, 0.1) is 5.92 Å². The van der Waals surface area contributed by atoms with Crippen LogP contribution in [-0.4, -0.2) is 331 Å². The van der Waals surface area contributed by atoms with Gasteiger partial charge in [-0.2, -0.15) is 0 Å². The molecule has 17 N–H and O–H groups in total. The SMILES string of the molecule is CC[C@@H]1CC(O)CN1C(=O)CCCCCCCCCCC(=O)NC(COCCC(=O)CCCCCC(=O)CCCCO[C@@H]1O[C@H](CO)[C@H](O)[C@H](C)C1NC(C)=O)(COCCC(=O)NCCCNC(=O)CCCCOC1O[C@H](CO)[C@H](O)[C@H](O)C1NC(C)=O)COCCC(=O)NCCCNC(=O)CCCCO[C@@H]1O[C@H](CO)[C@H](O)[C@H](O)C1NC(C)=O. The summed E-state index contributed by atoms with van der Waals surface area (Å²) in [7, 11) is 0. The summed E-state index contributed by atoms with van der Waals surface area (Å²) in [4.78, 5) is 142. The maximum absolute atomic E-state index is 14.1. The first-order chi connectivity index (χ1) is 57.5. The van der Waals surface area contributed by atoms with Crippen LogP contribution in [0.5, 0.6) is 0 Å². The quantitative estimate of drug-likeness (QED) is 0.0336. The van der Waals surface area contributed by atoms with Crippen molar-refractivity contribution in [1.29, 1.82) is 0 Å². The smallest absolute Gasteiger partial charge is 0.222 e. The largest absolute Gasteiger partial charge is 0.394 e. The maximum atomic E-state index is 14.1. The second kappa shape index (κ2) is 61.2. The van der Waals surface area contributed by atoms with Crippen molar-refractivity contribution >= 4 is 64.7 Å². The predicted octanol–water partition coefficient (Wildman–Crippen LogP) is -0.665. The number of carbonyl (C=O) groups is 11. The highest BCUT2D eigenvalue weighted by Gasteiger charge is 2.48. The van der Waals surface area contributed by atoms with Crippen LogP contribution in [0.1, 0.15) is 234 Å². The number of ether oxygens (including phenoxy) is 9. The van der Waals surface area contributed by atoms with Gasteiger partial charge < -0.3 is 136 Å². The minimum absolute atomic E-state index is 0.0339. The topological polar surface area (TPSA) is 552 Å². The molecule has 0 radical (unpaired) electrons. The monoisotopic (exact) mass is 1720 g/mol. The highest BCUT2D eigenvalue weighted by atomic mass is 16.7. The Labute approximate surface area is 705 Å². The highest BCUT2D eigenvalue weighted by molar-refractivity contribution is 5.80. The number of rotatable bonds is 66. The van der Waals surface area contributed by atoms with E-state index in [-0.39, 0.29) is 190 Å². The third kappa shape index (κ3) is 42.5. The normalized spacial score (nSPS) is 25.3. The molecule has 0 spiro atoms. The Morgan fingerprint density at radius 1 is 0.383 bits per heavy atom. The molecule has 38 heteroatoms. The van der Waals surface area contributed by atoms with E-state index in [4.69, 9.17) is 42.6 Å². The van der Waals surface area contributed by atoms with Crippen LogP contribution in [0.4, 0.5) is 0 Å². The molecule has 4 aliphatic rings. The van der Waals surface area contributed by atoms with Gasteiger partial charge in [0.15, 0.2) is 18.9 Å². The van der Waals surface area contributed by atoms with Gasteiger partial charge in [0.25, 0.3) is 0 Å². The number of likely N-dealkylation sites (tertiary alicyclic amines) is 1. The van der Waals surface area contributed by atoms with Crippen LogP contribution in [-0.2, 0) is 95.4 Å². The average molecular weight is 1720 g/mol. The lowest BCUT2D eigenvalue weighted by Crippen LogP contribution is -2.64. The first-order valence-electron chi connectivity index (χ1n) is 43.5. The van der Waals surface area contributed by atoms with E-state index in [2.05, 4.69) is 42.5 Å². The number of aliphatic hydroxyl groups excluding tert-OH is 9. The van der Waals surface area contributed by atoms with Crippen molar-refractivity contribution in [2.24, 2.45) is 5.92 Å². The lowest BCUT2D eigenvalue weighted by Gasteiger charge is -2.43. The van der Waals surface area contributed by atoms with Crippen molar-refractivity contribution in [3.8, 4) is 0 Å². The second-order valence-corrected chi connectivity index (χ2v) is 32.0. The van der Waals surface area contributed by atoms with E-state index < -0.39 is 135 Å². The van der Waals surface area contributed by atoms with Crippen molar-refractivity contribution in [1.82, 2.24) is 47.4 Å².